The van der Waals surface area contributed by atoms with Gasteiger partial charge in [-0.1, -0.05) is 22.3 Å². The molecule has 0 aliphatic carbocycles. The van der Waals surface area contributed by atoms with Crippen molar-refractivity contribution in [3.63, 3.8) is 0 Å². The lowest BCUT2D eigenvalue weighted by Gasteiger charge is -1.91. The molecule has 1 unspecified atom stereocenters. The first-order chi connectivity index (χ1) is 5.56. The zero-order chi connectivity index (χ0) is 9.19. The third-order valence-electron chi connectivity index (χ3n) is 1.44. The van der Waals surface area contributed by atoms with Crippen LogP contribution < -0.4 is 0 Å². The van der Waals surface area contributed by atoms with Crippen LogP contribution in [0.15, 0.2) is 29.2 Å². The molecule has 0 saturated carbocycles. The fourth-order valence-electron chi connectivity index (χ4n) is 0.766. The largest absolute Gasteiger partial charge is 0.456 e. The molecule has 12 heavy (non-hydrogen) atoms. The number of aryl methyl sites for hydroxylation is 1. The molecule has 1 atom stereocenters. The predicted octanol–water partition coefficient (Wildman–Crippen LogP) is 1.71. The minimum Gasteiger partial charge on any atom is -0.174 e. The van der Waals surface area contributed by atoms with Crippen LogP contribution in [-0.4, -0.2) is 8.42 Å². The molecule has 0 bridgehead atoms. The predicted molar refractivity (Wildman–Crippen MR) is 47.4 cm³/mol. The van der Waals surface area contributed by atoms with Gasteiger partial charge in [-0.15, -0.1) is 0 Å². The maximum atomic E-state index is 11.0. The monoisotopic (exact) mass is 203 g/mol. The summed E-state index contributed by atoms with van der Waals surface area (Å²) >= 11 is 0. The molecule has 0 radical (unpaired) electrons. The van der Waals surface area contributed by atoms with Crippen molar-refractivity contribution in [3.8, 4) is 0 Å². The Morgan fingerprint density at radius 2 is 1.67 bits per heavy atom. The summed E-state index contributed by atoms with van der Waals surface area (Å²) < 4.78 is 32.3. The first-order valence-corrected chi connectivity index (χ1v) is 6.38. The van der Waals surface area contributed by atoms with Crippen LogP contribution in [-0.2, 0) is 14.0 Å². The molecular formula is C7H8O3PS+. The maximum Gasteiger partial charge on any atom is 0.456 e. The van der Waals surface area contributed by atoms with Crippen LogP contribution in [0.4, 0.5) is 0 Å². The van der Waals surface area contributed by atoms with Crippen molar-refractivity contribution in [2.24, 2.45) is 0 Å². The van der Waals surface area contributed by atoms with Gasteiger partial charge in [0.2, 0.25) is 0 Å². The van der Waals surface area contributed by atoms with E-state index in [0.717, 1.165) is 5.56 Å². The van der Waals surface area contributed by atoms with Crippen molar-refractivity contribution >= 4 is 17.1 Å². The molecule has 0 amide bonds. The van der Waals surface area contributed by atoms with Gasteiger partial charge in [0, 0.05) is 0 Å². The van der Waals surface area contributed by atoms with Crippen molar-refractivity contribution in [2.75, 3.05) is 0 Å². The van der Waals surface area contributed by atoms with E-state index in [9.17, 15) is 13.0 Å². The third kappa shape index (κ3) is 1.90. The average molecular weight is 203 g/mol. The van der Waals surface area contributed by atoms with E-state index in [1.165, 1.54) is 12.1 Å². The second kappa shape index (κ2) is 3.33. The molecule has 0 N–H and O–H groups in total. The Kier molecular flexibility index (Phi) is 2.60. The molecule has 0 spiro atoms. The van der Waals surface area contributed by atoms with Crippen LogP contribution in [0.3, 0.4) is 0 Å². The Morgan fingerprint density at radius 1 is 1.17 bits per heavy atom. The lowest BCUT2D eigenvalue weighted by molar-refractivity contribution is 0.588. The molecule has 0 heterocycles. The SMILES string of the molecule is Cc1ccc(S(=O)(=O)[PH+]=O)cc1. The zero-order valence-electron chi connectivity index (χ0n) is 6.44. The average Bonchev–Trinajstić information content (AvgIpc) is 2.05. The highest BCUT2D eigenvalue weighted by molar-refractivity contribution is 8.39. The fourth-order valence-corrected chi connectivity index (χ4v) is 2.05. The first kappa shape index (κ1) is 9.36. The standard InChI is InChI=1S/C7H7O3PS/c1-6-2-4-7(5-3-6)12(9,10)11-8/h2-5H,1H3/p+1. The topological polar surface area (TPSA) is 51.2 Å². The molecule has 3 nitrogen and oxygen atoms in total. The van der Waals surface area contributed by atoms with Gasteiger partial charge in [0.15, 0.2) is 0 Å². The quantitative estimate of drug-likeness (QED) is 0.687. The number of benzene rings is 1. The number of rotatable bonds is 2. The Balaban J connectivity index is 3.23. The van der Waals surface area contributed by atoms with Gasteiger partial charge in [0.05, 0.1) is 0 Å². The summed E-state index contributed by atoms with van der Waals surface area (Å²) in [4.78, 5) is 0.112. The van der Waals surface area contributed by atoms with Gasteiger partial charge in [-0.25, -0.2) is 0 Å². The van der Waals surface area contributed by atoms with Crippen molar-refractivity contribution in [1.29, 1.82) is 0 Å². The molecule has 0 aliphatic rings. The van der Waals surface area contributed by atoms with Crippen LogP contribution in [0.2, 0.25) is 0 Å². The van der Waals surface area contributed by atoms with E-state index in [0.29, 0.717) is 0 Å². The summed E-state index contributed by atoms with van der Waals surface area (Å²) in [5.41, 5.74) is 0.975. The molecule has 0 aromatic heterocycles. The summed E-state index contributed by atoms with van der Waals surface area (Å²) in [6, 6.07) is 6.26. The molecule has 0 aliphatic heterocycles. The lowest BCUT2D eigenvalue weighted by Crippen LogP contribution is -1.89. The molecule has 0 fully saturated rings. The minimum absolute atomic E-state index is 0.112. The molecule has 1 aromatic carbocycles. The molecular weight excluding hydrogens is 195 g/mol. The zero-order valence-corrected chi connectivity index (χ0v) is 8.26. The second-order valence-electron chi connectivity index (χ2n) is 2.40. The van der Waals surface area contributed by atoms with Crippen LogP contribution in [0.1, 0.15) is 5.56 Å². The van der Waals surface area contributed by atoms with Gasteiger partial charge in [0.25, 0.3) is 0 Å². The van der Waals surface area contributed by atoms with Gasteiger partial charge in [0.1, 0.15) is 4.90 Å². The van der Waals surface area contributed by atoms with E-state index in [4.69, 9.17) is 0 Å². The lowest BCUT2D eigenvalue weighted by atomic mass is 10.2. The molecule has 0 saturated heterocycles. The normalized spacial score (nSPS) is 11.8. The van der Waals surface area contributed by atoms with Crippen molar-refractivity contribution < 1.29 is 13.0 Å². The Bertz CT molecular complexity index is 380. The summed E-state index contributed by atoms with van der Waals surface area (Å²) in [6.07, 6.45) is 0. The van der Waals surface area contributed by atoms with E-state index in [2.05, 4.69) is 0 Å². The Morgan fingerprint density at radius 3 is 2.08 bits per heavy atom. The van der Waals surface area contributed by atoms with E-state index < -0.39 is 17.1 Å². The summed E-state index contributed by atoms with van der Waals surface area (Å²) in [5, 5.41) is 0. The summed E-state index contributed by atoms with van der Waals surface area (Å²) in [5.74, 6) is 0. The summed E-state index contributed by atoms with van der Waals surface area (Å²) in [7, 11) is -4.86. The highest BCUT2D eigenvalue weighted by Crippen LogP contribution is 2.20. The van der Waals surface area contributed by atoms with Gasteiger partial charge >= 0.3 is 17.1 Å². The van der Waals surface area contributed by atoms with Crippen molar-refractivity contribution in [1.82, 2.24) is 0 Å². The van der Waals surface area contributed by atoms with Gasteiger partial charge < -0.3 is 0 Å². The molecule has 64 valence electrons. The Labute approximate surface area is 72.3 Å². The smallest absolute Gasteiger partial charge is 0.174 e. The van der Waals surface area contributed by atoms with Crippen molar-refractivity contribution in [3.05, 3.63) is 29.8 Å². The number of hydrogen-bond acceptors (Lipinski definition) is 3. The minimum atomic E-state index is -3.54. The van der Waals surface area contributed by atoms with Crippen LogP contribution in [0.25, 0.3) is 0 Å². The summed E-state index contributed by atoms with van der Waals surface area (Å²) in [6.45, 7) is 1.86. The van der Waals surface area contributed by atoms with Crippen LogP contribution in [0, 0.1) is 6.92 Å². The van der Waals surface area contributed by atoms with E-state index in [-0.39, 0.29) is 4.90 Å². The molecule has 1 rings (SSSR count). The maximum absolute atomic E-state index is 11.0. The second-order valence-corrected chi connectivity index (χ2v) is 6.16. The van der Waals surface area contributed by atoms with E-state index >= 15 is 0 Å². The van der Waals surface area contributed by atoms with Crippen LogP contribution >= 0.6 is 7.66 Å². The van der Waals surface area contributed by atoms with Crippen LogP contribution in [0.5, 0.6) is 0 Å². The highest BCUT2D eigenvalue weighted by atomic mass is 32.7. The van der Waals surface area contributed by atoms with E-state index in [1.54, 1.807) is 12.1 Å². The van der Waals surface area contributed by atoms with Gasteiger partial charge in [-0.05, 0) is 19.1 Å². The molecule has 5 heteroatoms. The highest BCUT2D eigenvalue weighted by Gasteiger charge is 2.20. The van der Waals surface area contributed by atoms with E-state index in [1.807, 2.05) is 6.92 Å². The first-order valence-electron chi connectivity index (χ1n) is 3.27. The number of hydrogen-bond donors (Lipinski definition) is 0. The fraction of sp³-hybridized carbons (Fsp3) is 0.143. The third-order valence-corrected chi connectivity index (χ3v) is 3.92. The van der Waals surface area contributed by atoms with Crippen molar-refractivity contribution in [2.45, 2.75) is 11.8 Å². The van der Waals surface area contributed by atoms with Gasteiger partial charge in [-0.2, -0.15) is 8.42 Å². The Hall–Kier alpha value is -0.730. The van der Waals surface area contributed by atoms with Gasteiger partial charge in [-0.3, -0.25) is 0 Å². The molecule has 1 aromatic rings.